The van der Waals surface area contributed by atoms with Crippen molar-refractivity contribution in [3.8, 4) is 6.07 Å². The summed E-state index contributed by atoms with van der Waals surface area (Å²) in [5.74, 6) is 0. The average molecular weight is 335 g/mol. The van der Waals surface area contributed by atoms with E-state index in [-0.39, 0.29) is 6.09 Å². The molecular weight excluding hydrogens is 314 g/mol. The number of anilines is 3. The predicted molar refractivity (Wildman–Crippen MR) is 98.2 cm³/mol. The van der Waals surface area contributed by atoms with Gasteiger partial charge in [0.15, 0.2) is 0 Å². The first-order valence-corrected chi connectivity index (χ1v) is 8.26. The molecule has 0 atom stereocenters. The molecule has 1 aliphatic rings. The number of carbonyl (C=O) groups excluding carboxylic acids is 1. The van der Waals surface area contributed by atoms with Crippen molar-refractivity contribution in [2.75, 3.05) is 22.9 Å². The van der Waals surface area contributed by atoms with Gasteiger partial charge in [-0.1, -0.05) is 12.1 Å². The quantitative estimate of drug-likeness (QED) is 0.772. The Labute approximate surface area is 148 Å². The summed E-state index contributed by atoms with van der Waals surface area (Å²) >= 11 is 0. The van der Waals surface area contributed by atoms with Crippen LogP contribution in [-0.2, 0) is 4.74 Å². The van der Waals surface area contributed by atoms with Gasteiger partial charge in [-0.2, -0.15) is 5.26 Å². The molecule has 1 heterocycles. The van der Waals surface area contributed by atoms with Crippen LogP contribution in [0.2, 0.25) is 0 Å². The number of benzene rings is 2. The number of carbonyl (C=O) groups is 1. The van der Waals surface area contributed by atoms with Crippen LogP contribution in [0.3, 0.4) is 0 Å². The Morgan fingerprint density at radius 2 is 1.68 bits per heavy atom. The van der Waals surface area contributed by atoms with Gasteiger partial charge in [0.05, 0.1) is 23.0 Å². The maximum absolute atomic E-state index is 12.6. The molecule has 0 spiro atoms. The molecule has 0 saturated carbocycles. The van der Waals surface area contributed by atoms with Gasteiger partial charge in [-0.25, -0.2) is 4.79 Å². The lowest BCUT2D eigenvalue weighted by molar-refractivity contribution is 0.0580. The molecule has 1 aliphatic heterocycles. The largest absolute Gasteiger partial charge is 0.443 e. The van der Waals surface area contributed by atoms with Gasteiger partial charge in [0.25, 0.3) is 0 Å². The van der Waals surface area contributed by atoms with Crippen LogP contribution in [0, 0.1) is 11.3 Å². The molecule has 1 amide bonds. The van der Waals surface area contributed by atoms with E-state index in [0.29, 0.717) is 18.7 Å². The summed E-state index contributed by atoms with van der Waals surface area (Å²) < 4.78 is 5.54. The molecule has 128 valence electrons. The highest BCUT2D eigenvalue weighted by molar-refractivity contribution is 5.95. The van der Waals surface area contributed by atoms with Crippen molar-refractivity contribution in [3.05, 3.63) is 54.1 Å². The molecule has 0 fully saturated rings. The molecule has 0 aromatic heterocycles. The number of hydrogen-bond acceptors (Lipinski definition) is 4. The number of para-hydroxylation sites is 2. The molecule has 2 aromatic carbocycles. The highest BCUT2D eigenvalue weighted by Gasteiger charge is 2.30. The van der Waals surface area contributed by atoms with Crippen molar-refractivity contribution in [3.63, 3.8) is 0 Å². The van der Waals surface area contributed by atoms with Gasteiger partial charge in [-0.15, -0.1) is 0 Å². The number of nitriles is 1. The van der Waals surface area contributed by atoms with Crippen molar-refractivity contribution >= 4 is 23.2 Å². The molecule has 25 heavy (non-hydrogen) atoms. The van der Waals surface area contributed by atoms with Gasteiger partial charge in [0.2, 0.25) is 0 Å². The number of amides is 1. The van der Waals surface area contributed by atoms with Gasteiger partial charge in [-0.3, -0.25) is 4.90 Å². The van der Waals surface area contributed by atoms with Crippen LogP contribution >= 0.6 is 0 Å². The van der Waals surface area contributed by atoms with Crippen LogP contribution in [-0.4, -0.2) is 24.8 Å². The molecule has 5 heteroatoms. The highest BCUT2D eigenvalue weighted by Crippen LogP contribution is 2.38. The number of nitrogens with zero attached hydrogens (tertiary/aromatic N) is 3. The van der Waals surface area contributed by atoms with Crippen LogP contribution in [0.4, 0.5) is 21.9 Å². The lowest BCUT2D eigenvalue weighted by Crippen LogP contribution is -2.44. The minimum atomic E-state index is -0.531. The summed E-state index contributed by atoms with van der Waals surface area (Å²) in [4.78, 5) is 16.4. The minimum Gasteiger partial charge on any atom is -0.443 e. The van der Waals surface area contributed by atoms with E-state index in [9.17, 15) is 4.79 Å². The van der Waals surface area contributed by atoms with Crippen LogP contribution in [0.1, 0.15) is 26.3 Å². The monoisotopic (exact) mass is 335 g/mol. The van der Waals surface area contributed by atoms with Crippen molar-refractivity contribution in [2.24, 2.45) is 0 Å². The van der Waals surface area contributed by atoms with Crippen molar-refractivity contribution in [1.29, 1.82) is 5.26 Å². The van der Waals surface area contributed by atoms with Crippen LogP contribution in [0.25, 0.3) is 0 Å². The Hall–Kier alpha value is -3.00. The SMILES string of the molecule is CC(C)(C)OC(=O)N1CCN(c2ccc(C#N)cc2)c2ccccc21. The highest BCUT2D eigenvalue weighted by atomic mass is 16.6. The molecule has 2 aromatic rings. The van der Waals surface area contributed by atoms with Crippen molar-refractivity contribution in [2.45, 2.75) is 26.4 Å². The van der Waals surface area contributed by atoms with Gasteiger partial charge in [0.1, 0.15) is 5.60 Å². The van der Waals surface area contributed by atoms with E-state index in [0.717, 1.165) is 17.1 Å². The molecule has 0 radical (unpaired) electrons. The van der Waals surface area contributed by atoms with E-state index in [1.54, 1.807) is 17.0 Å². The van der Waals surface area contributed by atoms with Gasteiger partial charge < -0.3 is 9.64 Å². The minimum absolute atomic E-state index is 0.334. The number of rotatable bonds is 1. The second-order valence-corrected chi connectivity index (χ2v) is 6.93. The zero-order valence-corrected chi connectivity index (χ0v) is 14.7. The Kier molecular flexibility index (Phi) is 4.37. The fourth-order valence-corrected chi connectivity index (χ4v) is 2.85. The zero-order chi connectivity index (χ0) is 18.0. The third-order valence-electron chi connectivity index (χ3n) is 3.93. The fourth-order valence-electron chi connectivity index (χ4n) is 2.85. The summed E-state index contributed by atoms with van der Waals surface area (Å²) in [7, 11) is 0. The standard InChI is InChI=1S/C20H21N3O2/c1-20(2,3)25-19(24)23-13-12-22(17-6-4-5-7-18(17)23)16-10-8-15(14-21)9-11-16/h4-11H,12-13H2,1-3H3. The van der Waals surface area contributed by atoms with Crippen LogP contribution in [0.5, 0.6) is 0 Å². The topological polar surface area (TPSA) is 56.6 Å². The Bertz CT molecular complexity index is 816. The number of ether oxygens (including phenoxy) is 1. The molecular formula is C20H21N3O2. The second-order valence-electron chi connectivity index (χ2n) is 6.93. The molecule has 0 saturated heterocycles. The lowest BCUT2D eigenvalue weighted by atomic mass is 10.1. The lowest BCUT2D eigenvalue weighted by Gasteiger charge is -2.38. The van der Waals surface area contributed by atoms with E-state index >= 15 is 0 Å². The first-order chi connectivity index (χ1) is 11.9. The van der Waals surface area contributed by atoms with E-state index in [1.807, 2.05) is 57.2 Å². The molecule has 3 rings (SSSR count). The van der Waals surface area contributed by atoms with Crippen molar-refractivity contribution < 1.29 is 9.53 Å². The third kappa shape index (κ3) is 3.58. The third-order valence-corrected chi connectivity index (χ3v) is 3.93. The smallest absolute Gasteiger partial charge is 0.414 e. The number of fused-ring (bicyclic) bond motifs is 1. The maximum atomic E-state index is 12.6. The van der Waals surface area contributed by atoms with E-state index in [1.165, 1.54) is 0 Å². The number of hydrogen-bond donors (Lipinski definition) is 0. The first kappa shape index (κ1) is 16.8. The van der Waals surface area contributed by atoms with Crippen LogP contribution < -0.4 is 9.80 Å². The van der Waals surface area contributed by atoms with E-state index < -0.39 is 5.60 Å². The Morgan fingerprint density at radius 3 is 2.28 bits per heavy atom. The summed E-state index contributed by atoms with van der Waals surface area (Å²) in [5.41, 5.74) is 2.87. The van der Waals surface area contributed by atoms with Crippen molar-refractivity contribution in [1.82, 2.24) is 0 Å². The fraction of sp³-hybridized carbons (Fsp3) is 0.300. The normalized spacial score (nSPS) is 13.8. The molecule has 0 N–H and O–H groups in total. The van der Waals surface area contributed by atoms with Gasteiger partial charge in [0, 0.05) is 18.8 Å². The summed E-state index contributed by atoms with van der Waals surface area (Å²) in [6.07, 6.45) is -0.334. The summed E-state index contributed by atoms with van der Waals surface area (Å²) in [5, 5.41) is 8.96. The summed E-state index contributed by atoms with van der Waals surface area (Å²) in [6, 6.07) is 17.4. The molecule has 5 nitrogen and oxygen atoms in total. The molecule has 0 aliphatic carbocycles. The van der Waals surface area contributed by atoms with Crippen LogP contribution in [0.15, 0.2) is 48.5 Å². The first-order valence-electron chi connectivity index (χ1n) is 8.26. The van der Waals surface area contributed by atoms with E-state index in [4.69, 9.17) is 10.00 Å². The Balaban J connectivity index is 1.93. The maximum Gasteiger partial charge on any atom is 0.414 e. The van der Waals surface area contributed by atoms with Gasteiger partial charge in [-0.05, 0) is 57.2 Å². The Morgan fingerprint density at radius 1 is 1.04 bits per heavy atom. The summed E-state index contributed by atoms with van der Waals surface area (Å²) in [6.45, 7) is 6.78. The van der Waals surface area contributed by atoms with E-state index in [2.05, 4.69) is 11.0 Å². The molecule has 0 bridgehead atoms. The zero-order valence-electron chi connectivity index (χ0n) is 14.7. The molecule has 0 unspecified atom stereocenters. The second kappa shape index (κ2) is 6.48. The van der Waals surface area contributed by atoms with Gasteiger partial charge >= 0.3 is 6.09 Å². The average Bonchev–Trinajstić information content (AvgIpc) is 2.59. The predicted octanol–water partition coefficient (Wildman–Crippen LogP) is 4.45.